The molecule has 0 aliphatic carbocycles. The summed E-state index contributed by atoms with van der Waals surface area (Å²) in [5, 5.41) is 2.78. The average Bonchev–Trinajstić information content (AvgIpc) is 3.16. The molecule has 1 N–H and O–H groups in total. The molecule has 31 heavy (non-hydrogen) atoms. The number of benzene rings is 2. The van der Waals surface area contributed by atoms with Gasteiger partial charge < -0.3 is 15.0 Å². The minimum Gasteiger partial charge on any atom is -0.497 e. The van der Waals surface area contributed by atoms with Gasteiger partial charge in [-0.1, -0.05) is 13.8 Å². The second kappa shape index (κ2) is 9.49. The fourth-order valence-electron chi connectivity index (χ4n) is 3.56. The van der Waals surface area contributed by atoms with Crippen molar-refractivity contribution >= 4 is 33.2 Å². The van der Waals surface area contributed by atoms with Crippen molar-refractivity contribution in [2.75, 3.05) is 37.0 Å². The van der Waals surface area contributed by atoms with Crippen molar-refractivity contribution < 1.29 is 22.7 Å². The van der Waals surface area contributed by atoms with E-state index in [1.165, 1.54) is 16.4 Å². The van der Waals surface area contributed by atoms with Gasteiger partial charge in [-0.05, 0) is 48.5 Å². The molecule has 0 saturated carbocycles. The van der Waals surface area contributed by atoms with Gasteiger partial charge >= 0.3 is 0 Å². The maximum absolute atomic E-state index is 12.7. The highest BCUT2D eigenvalue weighted by Gasteiger charge is 2.35. The van der Waals surface area contributed by atoms with Gasteiger partial charge in [0.15, 0.2) is 0 Å². The van der Waals surface area contributed by atoms with Gasteiger partial charge in [0.25, 0.3) is 0 Å². The van der Waals surface area contributed by atoms with Crippen molar-refractivity contribution in [1.82, 2.24) is 4.31 Å². The highest BCUT2D eigenvalue weighted by Crippen LogP contribution is 2.28. The molecule has 2 aromatic rings. The molecule has 1 heterocycles. The maximum atomic E-state index is 12.7. The number of nitrogens with zero attached hydrogens (tertiary/aromatic N) is 2. The zero-order valence-electron chi connectivity index (χ0n) is 17.9. The Morgan fingerprint density at radius 3 is 2.26 bits per heavy atom. The van der Waals surface area contributed by atoms with Crippen molar-refractivity contribution in [3.63, 3.8) is 0 Å². The van der Waals surface area contributed by atoms with E-state index >= 15 is 0 Å². The summed E-state index contributed by atoms with van der Waals surface area (Å²) in [6, 6.07) is 13.2. The zero-order chi connectivity index (χ0) is 22.6. The van der Waals surface area contributed by atoms with Crippen LogP contribution >= 0.6 is 0 Å². The Balaban J connectivity index is 1.66. The fourth-order valence-corrected chi connectivity index (χ4v) is 5.02. The normalized spacial score (nSPS) is 16.6. The lowest BCUT2D eigenvalue weighted by molar-refractivity contribution is -0.122. The third-order valence-electron chi connectivity index (χ3n) is 5.34. The van der Waals surface area contributed by atoms with E-state index in [0.717, 1.165) is 0 Å². The Bertz CT molecular complexity index is 1030. The van der Waals surface area contributed by atoms with E-state index in [0.29, 0.717) is 30.2 Å². The van der Waals surface area contributed by atoms with Crippen LogP contribution in [0.25, 0.3) is 0 Å². The standard InChI is InChI=1S/C22H27N3O5S/c1-4-24(5-2)31(28,29)20-12-6-17(7-13-20)23-22(27)16-14-21(26)25(15-16)18-8-10-19(30-3)11-9-18/h6-13,16H,4-5,14-15H2,1-3H3,(H,23,27). The van der Waals surface area contributed by atoms with E-state index in [1.54, 1.807) is 62.3 Å². The predicted octanol–water partition coefficient (Wildman–Crippen LogP) is 2.72. The number of hydrogen-bond acceptors (Lipinski definition) is 5. The van der Waals surface area contributed by atoms with Gasteiger partial charge in [0.05, 0.1) is 17.9 Å². The average molecular weight is 446 g/mol. The largest absolute Gasteiger partial charge is 0.497 e. The van der Waals surface area contributed by atoms with Gasteiger partial charge in [0.1, 0.15) is 5.75 Å². The van der Waals surface area contributed by atoms with E-state index in [1.807, 2.05) is 0 Å². The number of hydrogen-bond donors (Lipinski definition) is 1. The number of methoxy groups -OCH3 is 1. The molecule has 1 aliphatic rings. The first-order valence-corrected chi connectivity index (χ1v) is 11.6. The highest BCUT2D eigenvalue weighted by atomic mass is 32.2. The zero-order valence-corrected chi connectivity index (χ0v) is 18.7. The lowest BCUT2D eigenvalue weighted by Crippen LogP contribution is -2.30. The first-order valence-electron chi connectivity index (χ1n) is 10.2. The molecule has 0 spiro atoms. The van der Waals surface area contributed by atoms with Crippen LogP contribution in [0.1, 0.15) is 20.3 Å². The molecule has 3 rings (SSSR count). The molecule has 166 valence electrons. The molecule has 8 nitrogen and oxygen atoms in total. The molecule has 1 unspecified atom stereocenters. The van der Waals surface area contributed by atoms with Crippen LogP contribution in [-0.4, -0.2) is 51.3 Å². The van der Waals surface area contributed by atoms with E-state index in [-0.39, 0.29) is 29.7 Å². The van der Waals surface area contributed by atoms with Gasteiger partial charge in [0.2, 0.25) is 21.8 Å². The minimum atomic E-state index is -3.55. The number of nitrogens with one attached hydrogen (secondary N) is 1. The number of ether oxygens (including phenoxy) is 1. The molecule has 0 aromatic heterocycles. The number of amides is 2. The minimum absolute atomic E-state index is 0.117. The van der Waals surface area contributed by atoms with Crippen molar-refractivity contribution in [3.05, 3.63) is 48.5 Å². The van der Waals surface area contributed by atoms with Crippen molar-refractivity contribution in [3.8, 4) is 5.75 Å². The van der Waals surface area contributed by atoms with Crippen LogP contribution in [-0.2, 0) is 19.6 Å². The third kappa shape index (κ3) is 4.88. The molecule has 0 bridgehead atoms. The van der Waals surface area contributed by atoms with E-state index in [9.17, 15) is 18.0 Å². The summed E-state index contributed by atoms with van der Waals surface area (Å²) in [4.78, 5) is 26.9. The SMILES string of the molecule is CCN(CC)S(=O)(=O)c1ccc(NC(=O)C2CC(=O)N(c3ccc(OC)cc3)C2)cc1. The Kier molecular flexibility index (Phi) is 6.97. The van der Waals surface area contributed by atoms with Gasteiger partial charge in [-0.3, -0.25) is 9.59 Å². The van der Waals surface area contributed by atoms with Gasteiger partial charge in [0, 0.05) is 37.4 Å². The third-order valence-corrected chi connectivity index (χ3v) is 7.41. The van der Waals surface area contributed by atoms with Gasteiger partial charge in [-0.25, -0.2) is 8.42 Å². The molecule has 2 aromatic carbocycles. The molecule has 1 fully saturated rings. The Morgan fingerprint density at radius 1 is 1.10 bits per heavy atom. The van der Waals surface area contributed by atoms with Crippen LogP contribution in [0.2, 0.25) is 0 Å². The number of rotatable bonds is 8. The molecular weight excluding hydrogens is 418 g/mol. The van der Waals surface area contributed by atoms with Crippen molar-refractivity contribution in [2.45, 2.75) is 25.2 Å². The summed E-state index contributed by atoms with van der Waals surface area (Å²) >= 11 is 0. The predicted molar refractivity (Wildman–Crippen MR) is 119 cm³/mol. The van der Waals surface area contributed by atoms with Crippen LogP contribution in [0.15, 0.2) is 53.4 Å². The summed E-state index contributed by atoms with van der Waals surface area (Å²) in [5.74, 6) is -0.195. The number of sulfonamides is 1. The Labute approximate surface area is 182 Å². The van der Waals surface area contributed by atoms with E-state index < -0.39 is 15.9 Å². The summed E-state index contributed by atoms with van der Waals surface area (Å²) in [5.41, 5.74) is 1.20. The Hall–Kier alpha value is -2.91. The first kappa shape index (κ1) is 22.8. The Morgan fingerprint density at radius 2 is 1.71 bits per heavy atom. The van der Waals surface area contributed by atoms with Crippen LogP contribution in [0, 0.1) is 5.92 Å². The molecular formula is C22H27N3O5S. The number of carbonyl (C=O) groups is 2. The molecule has 1 saturated heterocycles. The fraction of sp³-hybridized carbons (Fsp3) is 0.364. The summed E-state index contributed by atoms with van der Waals surface area (Å²) in [6.07, 6.45) is 0.117. The molecule has 1 atom stereocenters. The van der Waals surface area contributed by atoms with E-state index in [4.69, 9.17) is 4.74 Å². The molecule has 1 aliphatic heterocycles. The molecule has 0 radical (unpaired) electrons. The lowest BCUT2D eigenvalue weighted by atomic mass is 10.1. The van der Waals surface area contributed by atoms with Crippen molar-refractivity contribution in [1.29, 1.82) is 0 Å². The second-order valence-electron chi connectivity index (χ2n) is 7.21. The molecule has 9 heteroatoms. The number of carbonyl (C=O) groups excluding carboxylic acids is 2. The van der Waals surface area contributed by atoms with Crippen LogP contribution in [0.3, 0.4) is 0 Å². The van der Waals surface area contributed by atoms with Crippen LogP contribution in [0.4, 0.5) is 11.4 Å². The van der Waals surface area contributed by atoms with Crippen LogP contribution in [0.5, 0.6) is 5.75 Å². The lowest BCUT2D eigenvalue weighted by Gasteiger charge is -2.19. The quantitative estimate of drug-likeness (QED) is 0.674. The molecule has 2 amide bonds. The maximum Gasteiger partial charge on any atom is 0.243 e. The van der Waals surface area contributed by atoms with Gasteiger partial charge in [-0.2, -0.15) is 4.31 Å². The van der Waals surface area contributed by atoms with Gasteiger partial charge in [-0.15, -0.1) is 0 Å². The monoisotopic (exact) mass is 445 g/mol. The smallest absolute Gasteiger partial charge is 0.243 e. The number of anilines is 2. The van der Waals surface area contributed by atoms with Crippen molar-refractivity contribution in [2.24, 2.45) is 5.92 Å². The summed E-state index contributed by atoms with van der Waals surface area (Å²) < 4.78 is 31.6. The topological polar surface area (TPSA) is 96.0 Å². The second-order valence-corrected chi connectivity index (χ2v) is 9.14. The summed E-state index contributed by atoms with van der Waals surface area (Å²) in [7, 11) is -1.98. The van der Waals surface area contributed by atoms with E-state index in [2.05, 4.69) is 5.32 Å². The van der Waals surface area contributed by atoms with Crippen LogP contribution < -0.4 is 15.0 Å². The summed E-state index contributed by atoms with van der Waals surface area (Å²) in [6.45, 7) is 4.63. The highest BCUT2D eigenvalue weighted by molar-refractivity contribution is 7.89. The first-order chi connectivity index (χ1) is 14.8.